The summed E-state index contributed by atoms with van der Waals surface area (Å²) in [5.74, 6) is 0.512. The number of amides is 1. The first-order valence-electron chi connectivity index (χ1n) is 8.87. The molecule has 0 unspecified atom stereocenters. The monoisotopic (exact) mass is 396 g/mol. The second-order valence-corrected chi connectivity index (χ2v) is 7.00. The topological polar surface area (TPSA) is 79.6 Å². The molecule has 1 aliphatic heterocycles. The second kappa shape index (κ2) is 7.44. The minimum atomic E-state index is -0.575. The summed E-state index contributed by atoms with van der Waals surface area (Å²) in [6.45, 7) is 2.15. The van der Waals surface area contributed by atoms with Crippen molar-refractivity contribution in [3.63, 3.8) is 0 Å². The molecule has 1 saturated heterocycles. The minimum absolute atomic E-state index is 0.0617. The number of rotatable bonds is 3. The van der Waals surface area contributed by atoms with E-state index in [-0.39, 0.29) is 22.2 Å². The summed E-state index contributed by atoms with van der Waals surface area (Å²) in [5, 5.41) is 12.6. The van der Waals surface area contributed by atoms with E-state index in [1.54, 1.807) is 4.90 Å². The molecule has 1 amide bonds. The van der Waals surface area contributed by atoms with Gasteiger partial charge in [-0.15, -0.1) is 0 Å². The van der Waals surface area contributed by atoms with Gasteiger partial charge in [-0.1, -0.05) is 29.8 Å². The zero-order valence-electron chi connectivity index (χ0n) is 14.9. The van der Waals surface area contributed by atoms with Crippen LogP contribution in [0.25, 0.3) is 10.9 Å². The van der Waals surface area contributed by atoms with Gasteiger partial charge in [0.15, 0.2) is 0 Å². The van der Waals surface area contributed by atoms with Crippen molar-refractivity contribution >= 4 is 39.9 Å². The maximum Gasteiger partial charge on any atom is 0.283 e. The van der Waals surface area contributed by atoms with E-state index in [9.17, 15) is 14.9 Å². The van der Waals surface area contributed by atoms with Gasteiger partial charge in [0, 0.05) is 42.7 Å². The highest BCUT2D eigenvalue weighted by Crippen LogP contribution is 2.25. The standard InChI is InChI=1S/C20H17ClN4O3/c21-15-6-7-16(18(13-15)25(27)28)20(26)24-11-9-23(10-12-24)19-8-5-14-3-1-2-4-17(14)22-19/h1-8,13H,9-12H2. The van der Waals surface area contributed by atoms with Crippen LogP contribution in [0.1, 0.15) is 10.4 Å². The number of halogens is 1. The fourth-order valence-electron chi connectivity index (χ4n) is 3.38. The van der Waals surface area contributed by atoms with Crippen LogP contribution < -0.4 is 4.90 Å². The highest BCUT2D eigenvalue weighted by molar-refractivity contribution is 6.31. The molecular formula is C20H17ClN4O3. The predicted octanol–water partition coefficient (Wildman–Crippen LogP) is 3.76. The van der Waals surface area contributed by atoms with Gasteiger partial charge in [-0.05, 0) is 30.3 Å². The Morgan fingerprint density at radius 1 is 1.04 bits per heavy atom. The fraction of sp³-hybridized carbons (Fsp3) is 0.200. The van der Waals surface area contributed by atoms with Crippen LogP contribution in [0.15, 0.2) is 54.6 Å². The Morgan fingerprint density at radius 2 is 1.79 bits per heavy atom. The third-order valence-electron chi connectivity index (χ3n) is 4.86. The molecule has 7 nitrogen and oxygen atoms in total. The Hall–Kier alpha value is -3.19. The van der Waals surface area contributed by atoms with Gasteiger partial charge in [0.1, 0.15) is 11.4 Å². The van der Waals surface area contributed by atoms with Crippen molar-refractivity contribution in [1.29, 1.82) is 0 Å². The summed E-state index contributed by atoms with van der Waals surface area (Å²) in [7, 11) is 0. The van der Waals surface area contributed by atoms with E-state index in [0.717, 1.165) is 16.7 Å². The van der Waals surface area contributed by atoms with Crippen LogP contribution in [0.3, 0.4) is 0 Å². The van der Waals surface area contributed by atoms with Gasteiger partial charge in [0.05, 0.1) is 10.4 Å². The number of carbonyl (C=O) groups is 1. The SMILES string of the molecule is O=C(c1ccc(Cl)cc1[N+](=O)[O-])N1CCN(c2ccc3ccccc3n2)CC1. The molecule has 0 spiro atoms. The molecule has 2 heterocycles. The van der Waals surface area contributed by atoms with Crippen molar-refractivity contribution < 1.29 is 9.72 Å². The number of benzene rings is 2. The largest absolute Gasteiger partial charge is 0.353 e. The zero-order valence-corrected chi connectivity index (χ0v) is 15.7. The Morgan fingerprint density at radius 3 is 2.54 bits per heavy atom. The van der Waals surface area contributed by atoms with E-state index in [1.165, 1.54) is 18.2 Å². The van der Waals surface area contributed by atoms with E-state index in [4.69, 9.17) is 16.6 Å². The van der Waals surface area contributed by atoms with Crippen LogP contribution in [0, 0.1) is 10.1 Å². The lowest BCUT2D eigenvalue weighted by Gasteiger charge is -2.35. The van der Waals surface area contributed by atoms with E-state index in [1.807, 2.05) is 36.4 Å². The minimum Gasteiger partial charge on any atom is -0.353 e. The molecule has 0 radical (unpaired) electrons. The normalized spacial score (nSPS) is 14.3. The lowest BCUT2D eigenvalue weighted by atomic mass is 10.1. The number of nitro groups is 1. The number of nitrogens with zero attached hydrogens (tertiary/aromatic N) is 4. The molecule has 1 aliphatic rings. The first-order valence-corrected chi connectivity index (χ1v) is 9.25. The van der Waals surface area contributed by atoms with E-state index >= 15 is 0 Å². The maximum atomic E-state index is 12.8. The number of anilines is 1. The molecule has 142 valence electrons. The number of piperazine rings is 1. The molecule has 1 fully saturated rings. The number of pyridine rings is 1. The van der Waals surface area contributed by atoms with Gasteiger partial charge < -0.3 is 9.80 Å². The van der Waals surface area contributed by atoms with Gasteiger partial charge in [-0.3, -0.25) is 14.9 Å². The Balaban J connectivity index is 1.49. The van der Waals surface area contributed by atoms with Gasteiger partial charge in [-0.2, -0.15) is 0 Å². The lowest BCUT2D eigenvalue weighted by Crippen LogP contribution is -2.49. The fourth-order valence-corrected chi connectivity index (χ4v) is 3.54. The van der Waals surface area contributed by atoms with E-state index in [2.05, 4.69) is 4.90 Å². The molecule has 0 atom stereocenters. The highest BCUT2D eigenvalue weighted by atomic mass is 35.5. The van der Waals surface area contributed by atoms with Crippen molar-refractivity contribution in [1.82, 2.24) is 9.88 Å². The molecule has 4 rings (SSSR count). The summed E-state index contributed by atoms with van der Waals surface area (Å²) >= 11 is 5.84. The molecule has 0 bridgehead atoms. The quantitative estimate of drug-likeness (QED) is 0.497. The van der Waals surface area contributed by atoms with Crippen LogP contribution in [-0.4, -0.2) is 46.9 Å². The average molecular weight is 397 g/mol. The van der Waals surface area contributed by atoms with Crippen LogP contribution >= 0.6 is 11.6 Å². The number of fused-ring (bicyclic) bond motifs is 1. The first kappa shape index (κ1) is 18.2. The van der Waals surface area contributed by atoms with Crippen LogP contribution in [0.2, 0.25) is 5.02 Å². The average Bonchev–Trinajstić information content (AvgIpc) is 2.73. The molecular weight excluding hydrogens is 380 g/mol. The summed E-state index contributed by atoms with van der Waals surface area (Å²) < 4.78 is 0. The summed E-state index contributed by atoms with van der Waals surface area (Å²) in [6.07, 6.45) is 0. The number of aromatic nitrogens is 1. The number of nitro benzene ring substituents is 1. The highest BCUT2D eigenvalue weighted by Gasteiger charge is 2.28. The van der Waals surface area contributed by atoms with Crippen LogP contribution in [-0.2, 0) is 0 Å². The summed E-state index contributed by atoms with van der Waals surface area (Å²) in [4.78, 5) is 31.9. The van der Waals surface area contributed by atoms with Gasteiger partial charge >= 0.3 is 0 Å². The number of para-hydroxylation sites is 1. The zero-order chi connectivity index (χ0) is 19.7. The molecule has 0 aliphatic carbocycles. The third kappa shape index (κ3) is 3.48. The molecule has 28 heavy (non-hydrogen) atoms. The number of hydrogen-bond donors (Lipinski definition) is 0. The molecule has 2 aromatic carbocycles. The molecule has 1 aromatic heterocycles. The Bertz CT molecular complexity index is 1060. The van der Waals surface area contributed by atoms with E-state index in [0.29, 0.717) is 26.2 Å². The molecule has 0 N–H and O–H groups in total. The third-order valence-corrected chi connectivity index (χ3v) is 5.10. The first-order chi connectivity index (χ1) is 13.5. The van der Waals surface area contributed by atoms with Crippen molar-refractivity contribution in [2.75, 3.05) is 31.1 Å². The van der Waals surface area contributed by atoms with Crippen LogP contribution in [0.4, 0.5) is 11.5 Å². The van der Waals surface area contributed by atoms with Crippen molar-refractivity contribution in [2.45, 2.75) is 0 Å². The van der Waals surface area contributed by atoms with Crippen LogP contribution in [0.5, 0.6) is 0 Å². The maximum absolute atomic E-state index is 12.8. The smallest absolute Gasteiger partial charge is 0.283 e. The molecule has 8 heteroatoms. The Kier molecular flexibility index (Phi) is 4.83. The Labute approximate surface area is 166 Å². The van der Waals surface area contributed by atoms with E-state index < -0.39 is 4.92 Å². The number of carbonyl (C=O) groups excluding carboxylic acids is 1. The molecule has 0 saturated carbocycles. The van der Waals surface area contributed by atoms with Crippen molar-refractivity contribution in [2.24, 2.45) is 0 Å². The summed E-state index contributed by atoms with van der Waals surface area (Å²) in [6, 6.07) is 16.1. The van der Waals surface area contributed by atoms with Crippen molar-refractivity contribution in [3.05, 3.63) is 75.3 Å². The van der Waals surface area contributed by atoms with Gasteiger partial charge in [0.2, 0.25) is 0 Å². The predicted molar refractivity (Wildman–Crippen MR) is 108 cm³/mol. The van der Waals surface area contributed by atoms with Gasteiger partial charge in [0.25, 0.3) is 11.6 Å². The summed E-state index contributed by atoms with van der Waals surface area (Å²) in [5.41, 5.74) is 0.720. The van der Waals surface area contributed by atoms with Gasteiger partial charge in [-0.25, -0.2) is 4.98 Å². The molecule has 3 aromatic rings. The lowest BCUT2D eigenvalue weighted by molar-refractivity contribution is -0.385. The van der Waals surface area contributed by atoms with Crippen molar-refractivity contribution in [3.8, 4) is 0 Å². The number of hydrogen-bond acceptors (Lipinski definition) is 5. The second-order valence-electron chi connectivity index (χ2n) is 6.56.